The number of hydrogen-bond acceptors (Lipinski definition) is 3. The van der Waals surface area contributed by atoms with Gasteiger partial charge in [0.25, 0.3) is 5.91 Å². The van der Waals surface area contributed by atoms with Gasteiger partial charge in [-0.25, -0.2) is 32.4 Å². The van der Waals surface area contributed by atoms with Crippen LogP contribution >= 0.6 is 0 Å². The van der Waals surface area contributed by atoms with E-state index in [1.807, 2.05) is 23.8 Å². The van der Waals surface area contributed by atoms with Crippen LogP contribution in [0, 0.1) is 36.0 Å². The fraction of sp³-hybridized carbons (Fsp3) is 0.167. The lowest BCUT2D eigenvalue weighted by molar-refractivity contribution is 0.0955. The third-order valence-corrected chi connectivity index (χ3v) is 4.12. The summed E-state index contributed by atoms with van der Waals surface area (Å²) in [6.07, 6.45) is 0.350. The number of carbonyl (C=O) groups is 1. The molecule has 0 unspecified atom stereocenters. The van der Waals surface area contributed by atoms with Crippen LogP contribution in [0.25, 0.3) is 11.0 Å². The molecule has 0 aliphatic carbocycles. The van der Waals surface area contributed by atoms with Gasteiger partial charge in [0.05, 0.1) is 22.8 Å². The summed E-state index contributed by atoms with van der Waals surface area (Å²) in [5.74, 6) is -10.5. The van der Waals surface area contributed by atoms with Crippen LogP contribution < -0.4 is 5.43 Å². The lowest BCUT2D eigenvalue weighted by Gasteiger charge is -2.04. The summed E-state index contributed by atoms with van der Waals surface area (Å²) in [5.41, 5.74) is 2.26. The minimum Gasteiger partial charge on any atom is -0.329 e. The van der Waals surface area contributed by atoms with Gasteiger partial charge in [-0.3, -0.25) is 4.79 Å². The van der Waals surface area contributed by atoms with Gasteiger partial charge >= 0.3 is 0 Å². The Kier molecular flexibility index (Phi) is 5.12. The molecule has 146 valence electrons. The van der Waals surface area contributed by atoms with Crippen LogP contribution in [0.4, 0.5) is 22.0 Å². The average molecular weight is 396 g/mol. The van der Waals surface area contributed by atoms with Crippen molar-refractivity contribution < 1.29 is 26.7 Å². The number of halogens is 5. The Bertz CT molecular complexity index is 1090. The number of nitrogens with one attached hydrogen (secondary N) is 1. The predicted octanol–water partition coefficient (Wildman–Crippen LogP) is 3.82. The van der Waals surface area contributed by atoms with Gasteiger partial charge in [0, 0.05) is 12.1 Å². The molecule has 3 aromatic rings. The number of benzene rings is 2. The standard InChI is InChI=1S/C18H13F5N4O/c1-3-27-8(2)25-11-6-9(4-5-12(11)27)18(28)26-24-7-10-13(19)15(21)17(23)16(22)14(10)20/h4-7H,3H2,1-2H3,(H,26,28). The number of carbonyl (C=O) groups excluding carboxylic acids is 1. The van der Waals surface area contributed by atoms with Crippen molar-refractivity contribution in [1.82, 2.24) is 15.0 Å². The van der Waals surface area contributed by atoms with Crippen molar-refractivity contribution >= 4 is 23.2 Å². The third kappa shape index (κ3) is 3.21. The second-order valence-corrected chi connectivity index (χ2v) is 5.79. The third-order valence-electron chi connectivity index (χ3n) is 4.12. The summed E-state index contributed by atoms with van der Waals surface area (Å²) in [4.78, 5) is 16.5. The lowest BCUT2D eigenvalue weighted by Crippen LogP contribution is -2.18. The van der Waals surface area contributed by atoms with Gasteiger partial charge < -0.3 is 4.57 Å². The number of nitrogens with zero attached hydrogens (tertiary/aromatic N) is 3. The van der Waals surface area contributed by atoms with Gasteiger partial charge in [-0.05, 0) is 32.0 Å². The Morgan fingerprint density at radius 2 is 1.71 bits per heavy atom. The van der Waals surface area contributed by atoms with E-state index in [1.165, 1.54) is 12.1 Å². The van der Waals surface area contributed by atoms with E-state index in [0.29, 0.717) is 18.3 Å². The summed E-state index contributed by atoms with van der Waals surface area (Å²) >= 11 is 0. The Balaban J connectivity index is 1.84. The molecule has 0 atom stereocenters. The number of imidazole rings is 1. The van der Waals surface area contributed by atoms with E-state index in [4.69, 9.17) is 0 Å². The van der Waals surface area contributed by atoms with Gasteiger partial charge in [-0.1, -0.05) is 0 Å². The van der Waals surface area contributed by atoms with Crippen LogP contribution in [0.2, 0.25) is 0 Å². The highest BCUT2D eigenvalue weighted by Gasteiger charge is 2.24. The molecule has 0 aliphatic heterocycles. The topological polar surface area (TPSA) is 59.3 Å². The molecule has 0 saturated heterocycles. The first-order valence-corrected chi connectivity index (χ1v) is 8.08. The van der Waals surface area contributed by atoms with Crippen LogP contribution in [0.1, 0.15) is 28.7 Å². The molecule has 0 fully saturated rings. The molecule has 0 radical (unpaired) electrons. The van der Waals surface area contributed by atoms with Crippen LogP contribution in [0.5, 0.6) is 0 Å². The van der Waals surface area contributed by atoms with Crippen molar-refractivity contribution in [3.05, 3.63) is 64.2 Å². The molecule has 1 N–H and O–H groups in total. The maximum absolute atomic E-state index is 13.6. The number of aryl methyl sites for hydroxylation is 2. The molecule has 1 amide bonds. The van der Waals surface area contributed by atoms with E-state index in [9.17, 15) is 26.7 Å². The van der Waals surface area contributed by atoms with Crippen LogP contribution in [0.3, 0.4) is 0 Å². The Hall–Kier alpha value is -3.30. The van der Waals surface area contributed by atoms with Crippen molar-refractivity contribution in [3.63, 3.8) is 0 Å². The monoisotopic (exact) mass is 396 g/mol. The molecule has 0 aliphatic rings. The normalized spacial score (nSPS) is 11.5. The number of hydrogen-bond donors (Lipinski definition) is 1. The molecule has 2 aromatic carbocycles. The van der Waals surface area contributed by atoms with Crippen molar-refractivity contribution in [2.75, 3.05) is 0 Å². The minimum atomic E-state index is -2.27. The quantitative estimate of drug-likeness (QED) is 0.240. The highest BCUT2D eigenvalue weighted by atomic mass is 19.2. The predicted molar refractivity (Wildman–Crippen MR) is 91.4 cm³/mol. The van der Waals surface area contributed by atoms with Crippen LogP contribution in [0.15, 0.2) is 23.3 Å². The highest BCUT2D eigenvalue weighted by Crippen LogP contribution is 2.22. The highest BCUT2D eigenvalue weighted by molar-refractivity contribution is 5.98. The number of aromatic nitrogens is 2. The first-order chi connectivity index (χ1) is 13.3. The number of amides is 1. The summed E-state index contributed by atoms with van der Waals surface area (Å²) in [6.45, 7) is 4.46. The lowest BCUT2D eigenvalue weighted by atomic mass is 10.2. The maximum atomic E-state index is 13.6. The Morgan fingerprint density at radius 3 is 2.32 bits per heavy atom. The molecular weight excluding hydrogens is 383 g/mol. The van der Waals surface area contributed by atoms with Gasteiger partial charge in [0.1, 0.15) is 5.82 Å². The summed E-state index contributed by atoms with van der Waals surface area (Å²) < 4.78 is 68.4. The molecule has 3 rings (SSSR count). The second kappa shape index (κ2) is 7.37. The SMILES string of the molecule is CCn1c(C)nc2cc(C(=O)NN=Cc3c(F)c(F)c(F)c(F)c3F)ccc21. The number of rotatable bonds is 4. The minimum absolute atomic E-state index is 0.155. The Labute approximate surface area is 155 Å². The molecule has 0 bridgehead atoms. The fourth-order valence-corrected chi connectivity index (χ4v) is 2.75. The van der Waals surface area contributed by atoms with Gasteiger partial charge in [-0.2, -0.15) is 5.10 Å². The summed E-state index contributed by atoms with van der Waals surface area (Å²) in [6, 6.07) is 4.68. The molecule has 1 aromatic heterocycles. The van der Waals surface area contributed by atoms with E-state index in [0.717, 1.165) is 11.3 Å². The molecule has 1 heterocycles. The smallest absolute Gasteiger partial charge is 0.271 e. The number of fused-ring (bicyclic) bond motifs is 1. The van der Waals surface area contributed by atoms with E-state index < -0.39 is 40.6 Å². The van der Waals surface area contributed by atoms with Crippen LogP contribution in [-0.4, -0.2) is 21.7 Å². The first kappa shape index (κ1) is 19.5. The fourth-order valence-electron chi connectivity index (χ4n) is 2.75. The van der Waals surface area contributed by atoms with Gasteiger partial charge in [-0.15, -0.1) is 0 Å². The molecular formula is C18H13F5N4O. The first-order valence-electron chi connectivity index (χ1n) is 8.08. The van der Waals surface area contributed by atoms with Crippen molar-refractivity contribution in [2.24, 2.45) is 5.10 Å². The second-order valence-electron chi connectivity index (χ2n) is 5.79. The zero-order chi connectivity index (χ0) is 20.6. The maximum Gasteiger partial charge on any atom is 0.271 e. The molecule has 0 spiro atoms. The van der Waals surface area contributed by atoms with Crippen LogP contribution in [-0.2, 0) is 6.54 Å². The zero-order valence-corrected chi connectivity index (χ0v) is 14.7. The van der Waals surface area contributed by atoms with Gasteiger partial charge in [0.15, 0.2) is 23.3 Å². The van der Waals surface area contributed by atoms with E-state index in [-0.39, 0.29) is 5.56 Å². The van der Waals surface area contributed by atoms with Crippen molar-refractivity contribution in [1.29, 1.82) is 0 Å². The average Bonchev–Trinajstić information content (AvgIpc) is 3.01. The van der Waals surface area contributed by atoms with Crippen molar-refractivity contribution in [2.45, 2.75) is 20.4 Å². The van der Waals surface area contributed by atoms with E-state index in [2.05, 4.69) is 10.1 Å². The molecule has 10 heteroatoms. The number of hydrazone groups is 1. The van der Waals surface area contributed by atoms with E-state index in [1.54, 1.807) is 6.07 Å². The Morgan fingerprint density at radius 1 is 1.11 bits per heavy atom. The largest absolute Gasteiger partial charge is 0.329 e. The molecule has 5 nitrogen and oxygen atoms in total. The summed E-state index contributed by atoms with van der Waals surface area (Å²) in [5, 5.41) is 3.28. The zero-order valence-electron chi connectivity index (χ0n) is 14.7. The van der Waals surface area contributed by atoms with Crippen molar-refractivity contribution in [3.8, 4) is 0 Å². The molecule has 28 heavy (non-hydrogen) atoms. The van der Waals surface area contributed by atoms with E-state index >= 15 is 0 Å². The molecule has 0 saturated carbocycles. The van der Waals surface area contributed by atoms with Gasteiger partial charge in [0.2, 0.25) is 5.82 Å². The summed E-state index contributed by atoms with van der Waals surface area (Å²) in [7, 11) is 0.